The van der Waals surface area contributed by atoms with Gasteiger partial charge in [-0.05, 0) is 44.9 Å². The normalized spacial score (nSPS) is 20.6. The van der Waals surface area contributed by atoms with E-state index in [1.54, 1.807) is 24.8 Å². The molecule has 2 aliphatic rings. The molecule has 1 aromatic carbocycles. The van der Waals surface area contributed by atoms with E-state index < -0.39 is 22.2 Å². The number of nitrogens with two attached hydrogens (primary N) is 1. The molecular weight excluding hydrogens is 474 g/mol. The average molecular weight is 512 g/mol. The number of ether oxygens (including phenoxy) is 2. The second-order valence-corrected chi connectivity index (χ2v) is 11.3. The summed E-state index contributed by atoms with van der Waals surface area (Å²) in [6, 6.07) is 5.24. The van der Waals surface area contributed by atoms with Gasteiger partial charge in [-0.3, -0.25) is 9.80 Å². The molecule has 2 heterocycles. The van der Waals surface area contributed by atoms with Gasteiger partial charge in [0.05, 0.1) is 42.9 Å². The van der Waals surface area contributed by atoms with Gasteiger partial charge in [-0.15, -0.1) is 0 Å². The smallest absolute Gasteiger partial charge is 0.414 e. The summed E-state index contributed by atoms with van der Waals surface area (Å²) in [5.41, 5.74) is 8.08. The highest BCUT2D eigenvalue weighted by molar-refractivity contribution is 7.89. The van der Waals surface area contributed by atoms with E-state index in [1.165, 1.54) is 16.3 Å². The van der Waals surface area contributed by atoms with Crippen LogP contribution in [0.5, 0.6) is 0 Å². The van der Waals surface area contributed by atoms with Crippen LogP contribution in [-0.2, 0) is 19.5 Å². The molecule has 0 saturated carbocycles. The van der Waals surface area contributed by atoms with E-state index >= 15 is 0 Å². The van der Waals surface area contributed by atoms with Crippen molar-refractivity contribution < 1.29 is 27.5 Å². The molecule has 0 bridgehead atoms. The van der Waals surface area contributed by atoms with Gasteiger partial charge < -0.3 is 20.5 Å². The molecule has 1 fully saturated rings. The fourth-order valence-corrected chi connectivity index (χ4v) is 6.00. The first kappa shape index (κ1) is 27.2. The Labute approximate surface area is 207 Å². The standard InChI is InChI=1S/C23H37N5O6S/c1-16(2)34-22(29)27-15-17(3)28(23(30)33-4)20-7-6-18(12-21(20)27)19(13-24)14-25-8-10-26-9-5-11-35(26,31)32/h6-7,12,16-17,19,25H,5,8-11,13-15,24H2,1-4H3/t17-,19?/m0/s1. The van der Waals surface area contributed by atoms with Crippen LogP contribution in [0.4, 0.5) is 21.0 Å². The Morgan fingerprint density at radius 1 is 1.23 bits per heavy atom. The Kier molecular flexibility index (Phi) is 8.97. The average Bonchev–Trinajstić information content (AvgIpc) is 3.15. The predicted octanol–water partition coefficient (Wildman–Crippen LogP) is 1.68. The van der Waals surface area contributed by atoms with Crippen LogP contribution in [0, 0.1) is 0 Å². The number of fused-ring (bicyclic) bond motifs is 1. The summed E-state index contributed by atoms with van der Waals surface area (Å²) < 4.78 is 35.9. The molecule has 196 valence electrons. The van der Waals surface area contributed by atoms with Gasteiger partial charge in [-0.2, -0.15) is 0 Å². The maximum absolute atomic E-state index is 12.9. The van der Waals surface area contributed by atoms with Crippen LogP contribution in [0.15, 0.2) is 18.2 Å². The van der Waals surface area contributed by atoms with Crippen molar-refractivity contribution in [2.75, 3.05) is 61.9 Å². The minimum absolute atomic E-state index is 0.0793. The Hall–Kier alpha value is -2.41. The largest absolute Gasteiger partial charge is 0.452 e. The third-order valence-corrected chi connectivity index (χ3v) is 8.21. The van der Waals surface area contributed by atoms with Crippen LogP contribution in [-0.4, -0.2) is 89.2 Å². The fourth-order valence-electron chi connectivity index (χ4n) is 4.47. The molecule has 3 N–H and O–H groups in total. The molecule has 2 aliphatic heterocycles. The van der Waals surface area contributed by atoms with Crippen LogP contribution in [0.1, 0.15) is 38.7 Å². The van der Waals surface area contributed by atoms with Crippen LogP contribution in [0.25, 0.3) is 0 Å². The second-order valence-electron chi connectivity index (χ2n) is 9.19. The zero-order valence-corrected chi connectivity index (χ0v) is 21.7. The maximum atomic E-state index is 12.9. The van der Waals surface area contributed by atoms with Crippen molar-refractivity contribution >= 4 is 33.6 Å². The summed E-state index contributed by atoms with van der Waals surface area (Å²) in [5, 5.41) is 3.31. The SMILES string of the molecule is COC(=O)N1c2ccc(C(CN)CNCCN3CCCS3(=O)=O)cc2N(C(=O)OC(C)C)C[C@@H]1C. The monoisotopic (exact) mass is 511 g/mol. The molecule has 0 aliphatic carbocycles. The lowest BCUT2D eigenvalue weighted by atomic mass is 9.96. The highest BCUT2D eigenvalue weighted by Gasteiger charge is 2.37. The number of benzene rings is 1. The van der Waals surface area contributed by atoms with Crippen molar-refractivity contribution in [3.8, 4) is 0 Å². The summed E-state index contributed by atoms with van der Waals surface area (Å²) in [7, 11) is -1.80. The molecule has 35 heavy (non-hydrogen) atoms. The minimum Gasteiger partial charge on any atom is -0.452 e. The van der Waals surface area contributed by atoms with Crippen molar-refractivity contribution in [1.29, 1.82) is 0 Å². The summed E-state index contributed by atoms with van der Waals surface area (Å²) in [5.74, 6) is 0.134. The number of amides is 2. The molecule has 0 aromatic heterocycles. The van der Waals surface area contributed by atoms with Gasteiger partial charge in [-0.25, -0.2) is 22.3 Å². The quantitative estimate of drug-likeness (QED) is 0.504. The fraction of sp³-hybridized carbons (Fsp3) is 0.652. The highest BCUT2D eigenvalue weighted by Crippen LogP contribution is 2.38. The van der Waals surface area contributed by atoms with Gasteiger partial charge in [-0.1, -0.05) is 6.07 Å². The number of nitrogens with one attached hydrogen (secondary N) is 1. The zero-order chi connectivity index (χ0) is 25.8. The van der Waals surface area contributed by atoms with Crippen LogP contribution in [0.3, 0.4) is 0 Å². The number of nitrogens with zero attached hydrogens (tertiary/aromatic N) is 3. The number of rotatable bonds is 8. The third kappa shape index (κ3) is 6.24. The van der Waals surface area contributed by atoms with E-state index in [0.29, 0.717) is 50.5 Å². The molecule has 0 spiro atoms. The summed E-state index contributed by atoms with van der Waals surface area (Å²) in [6.07, 6.45) is -0.607. The number of carbonyl (C=O) groups is 2. The lowest BCUT2D eigenvalue weighted by Crippen LogP contribution is -2.52. The molecule has 2 atom stereocenters. The van der Waals surface area contributed by atoms with Crippen LogP contribution >= 0.6 is 0 Å². The molecule has 2 amide bonds. The lowest BCUT2D eigenvalue weighted by molar-refractivity contribution is 0.121. The lowest BCUT2D eigenvalue weighted by Gasteiger charge is -2.40. The Bertz CT molecular complexity index is 1020. The van der Waals surface area contributed by atoms with E-state index in [1.807, 2.05) is 19.1 Å². The Balaban J connectivity index is 1.79. The maximum Gasteiger partial charge on any atom is 0.414 e. The summed E-state index contributed by atoms with van der Waals surface area (Å²) in [4.78, 5) is 28.4. The Morgan fingerprint density at radius 2 is 1.97 bits per heavy atom. The molecule has 1 aromatic rings. The molecule has 11 nitrogen and oxygen atoms in total. The topological polar surface area (TPSA) is 135 Å². The minimum atomic E-state index is -3.12. The number of methoxy groups -OCH3 is 1. The molecular formula is C23H37N5O6S. The van der Waals surface area contributed by atoms with Crippen molar-refractivity contribution in [3.05, 3.63) is 23.8 Å². The number of carbonyl (C=O) groups excluding carboxylic acids is 2. The first-order valence-corrected chi connectivity index (χ1v) is 13.6. The second kappa shape index (κ2) is 11.5. The van der Waals surface area contributed by atoms with E-state index in [2.05, 4.69) is 5.32 Å². The summed E-state index contributed by atoms with van der Waals surface area (Å²) in [6.45, 7) is 8.06. The number of hydrogen-bond donors (Lipinski definition) is 2. The van der Waals surface area contributed by atoms with E-state index in [4.69, 9.17) is 15.2 Å². The van der Waals surface area contributed by atoms with E-state index in [0.717, 1.165) is 5.56 Å². The zero-order valence-electron chi connectivity index (χ0n) is 20.9. The van der Waals surface area contributed by atoms with Crippen molar-refractivity contribution in [2.24, 2.45) is 5.73 Å². The molecule has 1 unspecified atom stereocenters. The summed E-state index contributed by atoms with van der Waals surface area (Å²) >= 11 is 0. The van der Waals surface area contributed by atoms with Gasteiger partial charge in [0, 0.05) is 38.6 Å². The van der Waals surface area contributed by atoms with E-state index in [9.17, 15) is 18.0 Å². The van der Waals surface area contributed by atoms with Crippen LogP contribution < -0.4 is 20.9 Å². The number of anilines is 2. The van der Waals surface area contributed by atoms with E-state index in [-0.39, 0.29) is 30.4 Å². The van der Waals surface area contributed by atoms with Crippen LogP contribution in [0.2, 0.25) is 0 Å². The van der Waals surface area contributed by atoms with Gasteiger partial charge >= 0.3 is 12.2 Å². The third-order valence-electron chi connectivity index (χ3n) is 6.25. The molecule has 12 heteroatoms. The molecule has 0 radical (unpaired) electrons. The van der Waals surface area contributed by atoms with Crippen molar-refractivity contribution in [2.45, 2.75) is 45.3 Å². The van der Waals surface area contributed by atoms with Crippen molar-refractivity contribution in [3.63, 3.8) is 0 Å². The first-order valence-electron chi connectivity index (χ1n) is 12.0. The molecule has 1 saturated heterocycles. The van der Waals surface area contributed by atoms with Gasteiger partial charge in [0.1, 0.15) is 0 Å². The highest BCUT2D eigenvalue weighted by atomic mass is 32.2. The van der Waals surface area contributed by atoms with Gasteiger partial charge in [0.25, 0.3) is 0 Å². The first-order chi connectivity index (χ1) is 16.6. The molecule has 3 rings (SSSR count). The van der Waals surface area contributed by atoms with Gasteiger partial charge in [0.2, 0.25) is 10.0 Å². The van der Waals surface area contributed by atoms with Crippen molar-refractivity contribution in [1.82, 2.24) is 9.62 Å². The Morgan fingerprint density at radius 3 is 2.57 bits per heavy atom. The number of hydrogen-bond acceptors (Lipinski definition) is 8. The van der Waals surface area contributed by atoms with Gasteiger partial charge in [0.15, 0.2) is 0 Å². The predicted molar refractivity (Wildman–Crippen MR) is 134 cm³/mol. The number of sulfonamides is 1.